The van der Waals surface area contributed by atoms with Crippen LogP contribution < -0.4 is 15.4 Å². The molecule has 0 aliphatic carbocycles. The first-order chi connectivity index (χ1) is 14.1. The highest BCUT2D eigenvalue weighted by Crippen LogP contribution is 2.17. The zero-order valence-electron chi connectivity index (χ0n) is 16.1. The van der Waals surface area contributed by atoms with Crippen LogP contribution in [0.3, 0.4) is 0 Å². The highest BCUT2D eigenvalue weighted by molar-refractivity contribution is 5.94. The van der Waals surface area contributed by atoms with E-state index in [2.05, 4.69) is 15.6 Å². The normalized spacial score (nSPS) is 10.1. The summed E-state index contributed by atoms with van der Waals surface area (Å²) < 4.78 is 9.83. The molecule has 0 aliphatic rings. The summed E-state index contributed by atoms with van der Waals surface area (Å²) in [7, 11) is 2.94. The number of methoxy groups -OCH3 is 2. The van der Waals surface area contributed by atoms with Crippen molar-refractivity contribution in [3.8, 4) is 5.75 Å². The van der Waals surface area contributed by atoms with Gasteiger partial charge >= 0.3 is 5.97 Å². The summed E-state index contributed by atoms with van der Waals surface area (Å²) in [4.78, 5) is 28.2. The first-order valence-corrected chi connectivity index (χ1v) is 8.91. The van der Waals surface area contributed by atoms with Gasteiger partial charge in [-0.15, -0.1) is 0 Å². The average molecular weight is 391 g/mol. The third-order valence-corrected chi connectivity index (χ3v) is 4.19. The number of carbonyl (C=O) groups excluding carboxylic acids is 2. The molecule has 0 bridgehead atoms. The maximum Gasteiger partial charge on any atom is 0.337 e. The predicted octanol–water partition coefficient (Wildman–Crippen LogP) is 3.55. The largest absolute Gasteiger partial charge is 0.497 e. The van der Waals surface area contributed by atoms with Crippen molar-refractivity contribution in [2.45, 2.75) is 6.54 Å². The molecule has 3 rings (SSSR count). The van der Waals surface area contributed by atoms with E-state index in [0.717, 1.165) is 11.3 Å². The van der Waals surface area contributed by atoms with Gasteiger partial charge in [0.25, 0.3) is 5.91 Å². The van der Waals surface area contributed by atoms with E-state index in [1.54, 1.807) is 37.4 Å². The number of rotatable bonds is 7. The summed E-state index contributed by atoms with van der Waals surface area (Å²) in [6.45, 7) is 0.406. The van der Waals surface area contributed by atoms with Crippen molar-refractivity contribution in [3.05, 3.63) is 83.6 Å². The van der Waals surface area contributed by atoms with Gasteiger partial charge in [-0.2, -0.15) is 0 Å². The molecule has 0 saturated heterocycles. The lowest BCUT2D eigenvalue weighted by molar-refractivity contribution is 0.0600. The topological polar surface area (TPSA) is 89.5 Å². The van der Waals surface area contributed by atoms with Gasteiger partial charge in [0, 0.05) is 18.4 Å². The molecule has 0 radical (unpaired) electrons. The van der Waals surface area contributed by atoms with Crippen LogP contribution in [0.1, 0.15) is 26.3 Å². The summed E-state index contributed by atoms with van der Waals surface area (Å²) in [6, 6.07) is 17.8. The van der Waals surface area contributed by atoms with Gasteiger partial charge in [-0.05, 0) is 48.0 Å². The Labute approximate surface area is 168 Å². The Balaban J connectivity index is 1.59. The SMILES string of the molecule is COC(=O)c1cccc(Nc2ccc(C(=O)NCc3ccc(OC)cc3)cn2)c1. The van der Waals surface area contributed by atoms with Gasteiger partial charge in [0.2, 0.25) is 0 Å². The average Bonchev–Trinajstić information content (AvgIpc) is 2.78. The van der Waals surface area contributed by atoms with Crippen LogP contribution in [-0.2, 0) is 11.3 Å². The number of esters is 1. The maximum atomic E-state index is 12.3. The van der Waals surface area contributed by atoms with Gasteiger partial charge in [-0.25, -0.2) is 9.78 Å². The molecule has 7 heteroatoms. The molecule has 1 heterocycles. The van der Waals surface area contributed by atoms with Crippen molar-refractivity contribution in [2.24, 2.45) is 0 Å². The lowest BCUT2D eigenvalue weighted by atomic mass is 10.2. The maximum absolute atomic E-state index is 12.3. The van der Waals surface area contributed by atoms with Crippen LogP contribution >= 0.6 is 0 Å². The summed E-state index contributed by atoms with van der Waals surface area (Å²) in [5, 5.41) is 5.95. The number of benzene rings is 2. The Morgan fingerprint density at radius 2 is 1.76 bits per heavy atom. The van der Waals surface area contributed by atoms with Crippen molar-refractivity contribution in [3.63, 3.8) is 0 Å². The van der Waals surface area contributed by atoms with E-state index < -0.39 is 5.97 Å². The lowest BCUT2D eigenvalue weighted by Crippen LogP contribution is -2.22. The van der Waals surface area contributed by atoms with Crippen molar-refractivity contribution in [1.29, 1.82) is 0 Å². The van der Waals surface area contributed by atoms with Crippen molar-refractivity contribution in [1.82, 2.24) is 10.3 Å². The molecular formula is C22H21N3O4. The van der Waals surface area contributed by atoms with Crippen molar-refractivity contribution < 1.29 is 19.1 Å². The summed E-state index contributed by atoms with van der Waals surface area (Å²) in [5.41, 5.74) is 2.55. The van der Waals surface area contributed by atoms with Crippen LogP contribution in [-0.4, -0.2) is 31.1 Å². The molecule has 1 amide bonds. The second-order valence-corrected chi connectivity index (χ2v) is 6.16. The Kier molecular flexibility index (Phi) is 6.42. The summed E-state index contributed by atoms with van der Waals surface area (Å²) in [6.07, 6.45) is 1.50. The van der Waals surface area contributed by atoms with Gasteiger partial charge in [0.05, 0.1) is 25.3 Å². The molecule has 0 fully saturated rings. The number of aromatic nitrogens is 1. The molecule has 0 aliphatic heterocycles. The van der Waals surface area contributed by atoms with Crippen LogP contribution in [0.15, 0.2) is 66.9 Å². The van der Waals surface area contributed by atoms with E-state index in [0.29, 0.717) is 29.2 Å². The number of hydrogen-bond donors (Lipinski definition) is 2. The predicted molar refractivity (Wildman–Crippen MR) is 109 cm³/mol. The molecule has 29 heavy (non-hydrogen) atoms. The number of pyridine rings is 1. The third-order valence-electron chi connectivity index (χ3n) is 4.19. The van der Waals surface area contributed by atoms with E-state index >= 15 is 0 Å². The van der Waals surface area contributed by atoms with Crippen LogP contribution in [0, 0.1) is 0 Å². The molecule has 2 N–H and O–H groups in total. The Morgan fingerprint density at radius 3 is 2.41 bits per heavy atom. The first kappa shape index (κ1) is 19.9. The van der Waals surface area contributed by atoms with E-state index in [4.69, 9.17) is 9.47 Å². The third kappa shape index (κ3) is 5.32. The molecule has 3 aromatic rings. The van der Waals surface area contributed by atoms with Crippen LogP contribution in [0.5, 0.6) is 5.75 Å². The molecule has 0 spiro atoms. The molecule has 0 atom stereocenters. The smallest absolute Gasteiger partial charge is 0.337 e. The Morgan fingerprint density at radius 1 is 0.966 bits per heavy atom. The van der Waals surface area contributed by atoms with Gasteiger partial charge in [-0.3, -0.25) is 4.79 Å². The second kappa shape index (κ2) is 9.36. The van der Waals surface area contributed by atoms with E-state index in [-0.39, 0.29) is 5.91 Å². The minimum atomic E-state index is -0.412. The zero-order chi connectivity index (χ0) is 20.6. The van der Waals surface area contributed by atoms with E-state index in [9.17, 15) is 9.59 Å². The lowest BCUT2D eigenvalue weighted by Gasteiger charge is -2.09. The van der Waals surface area contributed by atoms with Crippen LogP contribution in [0.4, 0.5) is 11.5 Å². The number of amides is 1. The molecule has 0 saturated carbocycles. The van der Waals surface area contributed by atoms with Crippen molar-refractivity contribution in [2.75, 3.05) is 19.5 Å². The Bertz CT molecular complexity index is 986. The molecule has 148 valence electrons. The van der Waals surface area contributed by atoms with Gasteiger partial charge in [0.15, 0.2) is 0 Å². The fourth-order valence-electron chi connectivity index (χ4n) is 2.62. The molecular weight excluding hydrogens is 370 g/mol. The number of anilines is 2. The highest BCUT2D eigenvalue weighted by atomic mass is 16.5. The Hall–Kier alpha value is -3.87. The highest BCUT2D eigenvalue weighted by Gasteiger charge is 2.08. The number of hydrogen-bond acceptors (Lipinski definition) is 6. The standard InChI is InChI=1S/C22H21N3O4/c1-28-19-9-6-15(7-10-19)13-24-21(26)17-8-11-20(23-14-17)25-18-5-3-4-16(12-18)22(27)29-2/h3-12,14H,13H2,1-2H3,(H,23,25)(H,24,26). The molecule has 2 aromatic carbocycles. The number of ether oxygens (including phenoxy) is 2. The minimum Gasteiger partial charge on any atom is -0.497 e. The quantitative estimate of drug-likeness (QED) is 0.599. The van der Waals surface area contributed by atoms with Gasteiger partial charge < -0.3 is 20.1 Å². The van der Waals surface area contributed by atoms with Gasteiger partial charge in [0.1, 0.15) is 11.6 Å². The monoisotopic (exact) mass is 391 g/mol. The van der Waals surface area contributed by atoms with Gasteiger partial charge in [-0.1, -0.05) is 18.2 Å². The number of nitrogens with zero attached hydrogens (tertiary/aromatic N) is 1. The fraction of sp³-hybridized carbons (Fsp3) is 0.136. The first-order valence-electron chi connectivity index (χ1n) is 8.91. The van der Waals surface area contributed by atoms with Crippen LogP contribution in [0.25, 0.3) is 0 Å². The molecule has 7 nitrogen and oxygen atoms in total. The fourth-order valence-corrected chi connectivity index (χ4v) is 2.62. The number of carbonyl (C=O) groups is 2. The number of nitrogens with one attached hydrogen (secondary N) is 2. The summed E-state index contributed by atoms with van der Waals surface area (Å²) >= 11 is 0. The minimum absolute atomic E-state index is 0.215. The summed E-state index contributed by atoms with van der Waals surface area (Å²) in [5.74, 6) is 0.696. The molecule has 0 unspecified atom stereocenters. The van der Waals surface area contributed by atoms with E-state index in [1.807, 2.05) is 30.3 Å². The zero-order valence-corrected chi connectivity index (χ0v) is 16.1. The van der Waals surface area contributed by atoms with Crippen molar-refractivity contribution >= 4 is 23.4 Å². The second-order valence-electron chi connectivity index (χ2n) is 6.16. The van der Waals surface area contributed by atoms with Crippen LogP contribution in [0.2, 0.25) is 0 Å². The van der Waals surface area contributed by atoms with E-state index in [1.165, 1.54) is 13.3 Å². The molecule has 1 aromatic heterocycles.